The summed E-state index contributed by atoms with van der Waals surface area (Å²) in [5.74, 6) is 0.133. The smallest absolute Gasteiger partial charge is 0.250 e. The van der Waals surface area contributed by atoms with Crippen molar-refractivity contribution in [2.24, 2.45) is 5.73 Å². The van der Waals surface area contributed by atoms with E-state index >= 15 is 0 Å². The molecule has 0 unspecified atom stereocenters. The van der Waals surface area contributed by atoms with Crippen LogP contribution in [0.5, 0.6) is 5.75 Å². The number of methoxy groups -OCH3 is 1. The van der Waals surface area contributed by atoms with Crippen LogP contribution in [-0.4, -0.2) is 13.0 Å². The van der Waals surface area contributed by atoms with E-state index in [1.807, 2.05) is 12.1 Å². The van der Waals surface area contributed by atoms with Crippen LogP contribution in [0, 0.1) is 0 Å². The third kappa shape index (κ3) is 2.85. The lowest BCUT2D eigenvalue weighted by molar-refractivity contribution is 0.100. The summed E-state index contributed by atoms with van der Waals surface area (Å²) in [6.45, 7) is 0. The molecule has 104 valence electrons. The second-order valence-electron chi connectivity index (χ2n) is 4.11. The van der Waals surface area contributed by atoms with E-state index in [1.54, 1.807) is 31.4 Å². The summed E-state index contributed by atoms with van der Waals surface area (Å²) >= 11 is 3.38. The highest BCUT2D eigenvalue weighted by atomic mass is 79.9. The standard InChI is InChI=1S/C14H14BrN3O2/c1-20-12-7-8(5-6-10(12)15)18-13-9(14(17)19)3-2-4-11(13)16/h2-7,18H,16H2,1H3,(H2,17,19). The van der Waals surface area contributed by atoms with Crippen LogP contribution in [0.1, 0.15) is 10.4 Å². The number of ether oxygens (including phenoxy) is 1. The van der Waals surface area contributed by atoms with E-state index in [0.29, 0.717) is 22.7 Å². The number of halogens is 1. The van der Waals surface area contributed by atoms with E-state index in [2.05, 4.69) is 21.2 Å². The minimum Gasteiger partial charge on any atom is -0.495 e. The van der Waals surface area contributed by atoms with Crippen molar-refractivity contribution in [3.8, 4) is 5.75 Å². The van der Waals surface area contributed by atoms with Crippen LogP contribution in [-0.2, 0) is 0 Å². The topological polar surface area (TPSA) is 90.4 Å². The number of nitrogens with one attached hydrogen (secondary N) is 1. The van der Waals surface area contributed by atoms with Crippen LogP contribution in [0.4, 0.5) is 17.1 Å². The molecule has 2 aromatic rings. The maximum atomic E-state index is 11.4. The molecule has 0 aromatic heterocycles. The van der Waals surface area contributed by atoms with Gasteiger partial charge in [0.25, 0.3) is 5.91 Å². The van der Waals surface area contributed by atoms with Crippen molar-refractivity contribution in [2.75, 3.05) is 18.2 Å². The lowest BCUT2D eigenvalue weighted by Gasteiger charge is -2.14. The number of carbonyl (C=O) groups is 1. The number of carbonyl (C=O) groups excluding carboxylic acids is 1. The first-order valence-corrected chi connectivity index (χ1v) is 6.61. The number of hydrogen-bond acceptors (Lipinski definition) is 4. The zero-order chi connectivity index (χ0) is 14.7. The highest BCUT2D eigenvalue weighted by molar-refractivity contribution is 9.10. The predicted octanol–water partition coefficient (Wildman–Crippen LogP) is 2.88. The van der Waals surface area contributed by atoms with Gasteiger partial charge in [0.15, 0.2) is 0 Å². The molecule has 0 saturated carbocycles. The molecule has 1 amide bonds. The fourth-order valence-electron chi connectivity index (χ4n) is 1.80. The van der Waals surface area contributed by atoms with Gasteiger partial charge in [0, 0.05) is 11.8 Å². The van der Waals surface area contributed by atoms with Gasteiger partial charge in [0.1, 0.15) is 5.75 Å². The molecule has 2 rings (SSSR count). The minimum atomic E-state index is -0.538. The Kier molecular flexibility index (Phi) is 4.14. The molecule has 0 atom stereocenters. The molecule has 0 saturated heterocycles. The third-order valence-corrected chi connectivity index (χ3v) is 3.44. The predicted molar refractivity (Wildman–Crippen MR) is 83.3 cm³/mol. The molecular weight excluding hydrogens is 322 g/mol. The van der Waals surface area contributed by atoms with Crippen LogP contribution in [0.15, 0.2) is 40.9 Å². The second kappa shape index (κ2) is 5.83. The van der Waals surface area contributed by atoms with Crippen molar-refractivity contribution in [3.05, 3.63) is 46.4 Å². The summed E-state index contributed by atoms with van der Waals surface area (Å²) in [5.41, 5.74) is 13.3. The molecule has 0 radical (unpaired) electrons. The SMILES string of the molecule is COc1cc(Nc2c(N)cccc2C(N)=O)ccc1Br. The summed E-state index contributed by atoms with van der Waals surface area (Å²) in [5, 5.41) is 3.10. The average molecular weight is 336 g/mol. The number of primary amides is 1. The van der Waals surface area contributed by atoms with Crippen molar-refractivity contribution in [2.45, 2.75) is 0 Å². The Bertz CT molecular complexity index is 659. The number of nitrogen functional groups attached to an aromatic ring is 1. The number of rotatable bonds is 4. The van der Waals surface area contributed by atoms with Gasteiger partial charge in [-0.3, -0.25) is 4.79 Å². The summed E-state index contributed by atoms with van der Waals surface area (Å²) < 4.78 is 6.06. The third-order valence-electron chi connectivity index (χ3n) is 2.78. The van der Waals surface area contributed by atoms with Gasteiger partial charge >= 0.3 is 0 Å². The fraction of sp³-hybridized carbons (Fsp3) is 0.0714. The van der Waals surface area contributed by atoms with E-state index < -0.39 is 5.91 Å². The number of benzene rings is 2. The Morgan fingerprint density at radius 2 is 2.05 bits per heavy atom. The highest BCUT2D eigenvalue weighted by Crippen LogP contribution is 2.32. The van der Waals surface area contributed by atoms with Gasteiger partial charge in [-0.15, -0.1) is 0 Å². The van der Waals surface area contributed by atoms with E-state index in [9.17, 15) is 4.79 Å². The van der Waals surface area contributed by atoms with Crippen LogP contribution in [0.2, 0.25) is 0 Å². The number of nitrogens with two attached hydrogens (primary N) is 2. The van der Waals surface area contributed by atoms with Crippen molar-refractivity contribution in [3.63, 3.8) is 0 Å². The van der Waals surface area contributed by atoms with Crippen molar-refractivity contribution >= 4 is 38.9 Å². The molecule has 5 nitrogen and oxygen atoms in total. The average Bonchev–Trinajstić information content (AvgIpc) is 2.42. The van der Waals surface area contributed by atoms with Crippen LogP contribution in [0.25, 0.3) is 0 Å². The van der Waals surface area contributed by atoms with Gasteiger partial charge in [-0.25, -0.2) is 0 Å². The molecule has 0 fully saturated rings. The molecule has 0 aliphatic rings. The quantitative estimate of drug-likeness (QED) is 0.749. The van der Waals surface area contributed by atoms with Crippen molar-refractivity contribution in [1.82, 2.24) is 0 Å². The first kappa shape index (κ1) is 14.2. The molecule has 0 aliphatic heterocycles. The Morgan fingerprint density at radius 1 is 1.30 bits per heavy atom. The first-order chi connectivity index (χ1) is 9.52. The van der Waals surface area contributed by atoms with Crippen LogP contribution < -0.4 is 21.5 Å². The minimum absolute atomic E-state index is 0.340. The van der Waals surface area contributed by atoms with Gasteiger partial charge in [-0.05, 0) is 40.2 Å². The Balaban J connectivity index is 2.42. The van der Waals surface area contributed by atoms with Gasteiger partial charge < -0.3 is 21.5 Å². The van der Waals surface area contributed by atoms with Crippen LogP contribution in [0.3, 0.4) is 0 Å². The number of amides is 1. The molecule has 2 aromatic carbocycles. The summed E-state index contributed by atoms with van der Waals surface area (Å²) in [6.07, 6.45) is 0. The number of para-hydroxylation sites is 1. The van der Waals surface area contributed by atoms with Crippen molar-refractivity contribution < 1.29 is 9.53 Å². The van der Waals surface area contributed by atoms with E-state index in [0.717, 1.165) is 10.2 Å². The molecule has 0 aliphatic carbocycles. The normalized spacial score (nSPS) is 10.1. The fourth-order valence-corrected chi connectivity index (χ4v) is 2.21. The molecular formula is C14H14BrN3O2. The number of anilines is 3. The van der Waals surface area contributed by atoms with E-state index in [-0.39, 0.29) is 0 Å². The maximum Gasteiger partial charge on any atom is 0.250 e. The summed E-state index contributed by atoms with van der Waals surface area (Å²) in [4.78, 5) is 11.4. The monoisotopic (exact) mass is 335 g/mol. The molecule has 0 bridgehead atoms. The Morgan fingerprint density at radius 3 is 2.70 bits per heavy atom. The van der Waals surface area contributed by atoms with E-state index in [1.165, 1.54) is 0 Å². The van der Waals surface area contributed by atoms with Crippen LogP contribution >= 0.6 is 15.9 Å². The van der Waals surface area contributed by atoms with E-state index in [4.69, 9.17) is 16.2 Å². The first-order valence-electron chi connectivity index (χ1n) is 5.81. The highest BCUT2D eigenvalue weighted by Gasteiger charge is 2.12. The lowest BCUT2D eigenvalue weighted by atomic mass is 10.1. The Hall–Kier alpha value is -2.21. The Labute approximate surface area is 125 Å². The van der Waals surface area contributed by atoms with Gasteiger partial charge in [-0.1, -0.05) is 6.07 Å². The molecule has 5 N–H and O–H groups in total. The van der Waals surface area contributed by atoms with Gasteiger partial charge in [0.2, 0.25) is 0 Å². The maximum absolute atomic E-state index is 11.4. The van der Waals surface area contributed by atoms with Crippen molar-refractivity contribution in [1.29, 1.82) is 0 Å². The van der Waals surface area contributed by atoms with Gasteiger partial charge in [0.05, 0.1) is 28.5 Å². The summed E-state index contributed by atoms with van der Waals surface area (Å²) in [7, 11) is 1.58. The zero-order valence-electron chi connectivity index (χ0n) is 10.8. The molecule has 0 heterocycles. The molecule has 0 spiro atoms. The second-order valence-corrected chi connectivity index (χ2v) is 4.96. The largest absolute Gasteiger partial charge is 0.495 e. The molecule has 6 heteroatoms. The van der Waals surface area contributed by atoms with Gasteiger partial charge in [-0.2, -0.15) is 0 Å². The lowest BCUT2D eigenvalue weighted by Crippen LogP contribution is -2.14. The number of hydrogen-bond donors (Lipinski definition) is 3. The molecule has 20 heavy (non-hydrogen) atoms. The summed E-state index contributed by atoms with van der Waals surface area (Å²) in [6, 6.07) is 10.5. The zero-order valence-corrected chi connectivity index (χ0v) is 12.4.